The average Bonchev–Trinajstić information content (AvgIpc) is 2.72. The number of piperidine rings is 1. The fraction of sp³-hybridized carbons (Fsp3) is 0.643. The van der Waals surface area contributed by atoms with E-state index in [-0.39, 0.29) is 5.91 Å². The van der Waals surface area contributed by atoms with Crippen molar-refractivity contribution >= 4 is 33.2 Å². The minimum Gasteiger partial charge on any atom is -0.350 e. The lowest BCUT2D eigenvalue weighted by molar-refractivity contribution is 0.0948. The lowest BCUT2D eigenvalue weighted by atomic mass is 9.99. The van der Waals surface area contributed by atoms with Crippen LogP contribution in [-0.4, -0.2) is 37.0 Å². The molecule has 0 bridgehead atoms. The molecule has 2 rings (SSSR count). The largest absolute Gasteiger partial charge is 0.350 e. The van der Waals surface area contributed by atoms with Crippen LogP contribution in [0.4, 0.5) is 0 Å². The van der Waals surface area contributed by atoms with Crippen LogP contribution in [0, 0.1) is 12.8 Å². The van der Waals surface area contributed by atoms with Gasteiger partial charge in [0.25, 0.3) is 5.91 Å². The van der Waals surface area contributed by atoms with Crippen molar-refractivity contribution in [1.29, 1.82) is 0 Å². The van der Waals surface area contributed by atoms with E-state index in [0.717, 1.165) is 33.2 Å². The van der Waals surface area contributed by atoms with Crippen molar-refractivity contribution in [2.24, 2.45) is 5.92 Å². The summed E-state index contributed by atoms with van der Waals surface area (Å²) < 4.78 is 1.04. The van der Waals surface area contributed by atoms with Crippen LogP contribution in [0.1, 0.15) is 35.0 Å². The highest BCUT2D eigenvalue weighted by Crippen LogP contribution is 2.27. The van der Waals surface area contributed by atoms with E-state index in [9.17, 15) is 4.79 Å². The Kier molecular flexibility index (Phi) is 5.42. The molecule has 0 aliphatic carbocycles. The molecule has 1 amide bonds. The molecule has 1 aliphatic heterocycles. The summed E-state index contributed by atoms with van der Waals surface area (Å²) in [5.74, 6) is 0.904. The first kappa shape index (κ1) is 15.0. The molecular weight excluding hydrogens is 324 g/mol. The van der Waals surface area contributed by atoms with Crippen LogP contribution in [0.2, 0.25) is 0 Å². The van der Waals surface area contributed by atoms with Crippen molar-refractivity contribution < 1.29 is 4.79 Å². The highest BCUT2D eigenvalue weighted by atomic mass is 79.9. The Morgan fingerprint density at radius 1 is 1.53 bits per heavy atom. The zero-order valence-corrected chi connectivity index (χ0v) is 13.9. The van der Waals surface area contributed by atoms with E-state index in [1.54, 1.807) is 0 Å². The smallest absolute Gasteiger partial charge is 0.261 e. The maximum atomic E-state index is 12.0. The van der Waals surface area contributed by atoms with E-state index in [4.69, 9.17) is 0 Å². The zero-order chi connectivity index (χ0) is 13.8. The molecule has 0 saturated carbocycles. The molecule has 0 aromatic carbocycles. The predicted octanol–water partition coefficient (Wildman–Crippen LogP) is 3.28. The van der Waals surface area contributed by atoms with Gasteiger partial charge >= 0.3 is 0 Å². The van der Waals surface area contributed by atoms with Crippen LogP contribution in [-0.2, 0) is 0 Å². The molecule has 1 aromatic rings. The van der Waals surface area contributed by atoms with Gasteiger partial charge in [-0.3, -0.25) is 4.79 Å². The SMILES string of the molecule is Cc1cc(C(=O)NCCN2CCC(C)CC2)sc1Br. The number of carbonyl (C=O) groups is 1. The summed E-state index contributed by atoms with van der Waals surface area (Å²) in [5.41, 5.74) is 1.13. The molecular formula is C14H21BrN2OS. The first-order chi connectivity index (χ1) is 9.06. The summed E-state index contributed by atoms with van der Waals surface area (Å²) in [6.45, 7) is 8.36. The highest BCUT2D eigenvalue weighted by molar-refractivity contribution is 9.11. The van der Waals surface area contributed by atoms with E-state index >= 15 is 0 Å². The molecule has 1 aromatic heterocycles. The number of likely N-dealkylation sites (tertiary alicyclic amines) is 1. The second-order valence-electron chi connectivity index (χ2n) is 5.35. The Hall–Kier alpha value is -0.390. The Morgan fingerprint density at radius 2 is 2.21 bits per heavy atom. The first-order valence-electron chi connectivity index (χ1n) is 6.82. The summed E-state index contributed by atoms with van der Waals surface area (Å²) in [7, 11) is 0. The van der Waals surface area contributed by atoms with Crippen LogP contribution in [0.5, 0.6) is 0 Å². The topological polar surface area (TPSA) is 32.3 Å². The molecule has 1 fully saturated rings. The third-order valence-corrected chi connectivity index (χ3v) is 5.81. The fourth-order valence-corrected chi connectivity index (χ4v) is 3.72. The van der Waals surface area contributed by atoms with Crippen molar-refractivity contribution in [3.63, 3.8) is 0 Å². The molecule has 1 aliphatic rings. The van der Waals surface area contributed by atoms with Gasteiger partial charge in [-0.05, 0) is 66.3 Å². The summed E-state index contributed by atoms with van der Waals surface area (Å²) in [6.07, 6.45) is 2.57. The Bertz CT molecular complexity index is 419. The van der Waals surface area contributed by atoms with Gasteiger partial charge in [0.1, 0.15) is 0 Å². The molecule has 0 spiro atoms. The molecule has 106 valence electrons. The molecule has 3 nitrogen and oxygen atoms in total. The normalized spacial score (nSPS) is 17.6. The number of hydrogen-bond acceptors (Lipinski definition) is 3. The minimum absolute atomic E-state index is 0.0455. The van der Waals surface area contributed by atoms with Gasteiger partial charge < -0.3 is 10.2 Å². The number of nitrogens with one attached hydrogen (secondary N) is 1. The van der Waals surface area contributed by atoms with Crippen molar-refractivity contribution in [2.45, 2.75) is 26.7 Å². The van der Waals surface area contributed by atoms with Crippen molar-refractivity contribution in [3.8, 4) is 0 Å². The Balaban J connectivity index is 1.72. The van der Waals surface area contributed by atoms with Crippen molar-refractivity contribution in [3.05, 3.63) is 20.3 Å². The third kappa shape index (κ3) is 4.29. The summed E-state index contributed by atoms with van der Waals surface area (Å²) in [4.78, 5) is 15.2. The number of amides is 1. The quantitative estimate of drug-likeness (QED) is 0.908. The highest BCUT2D eigenvalue weighted by Gasteiger charge is 2.16. The molecule has 5 heteroatoms. The van der Waals surface area contributed by atoms with Crippen molar-refractivity contribution in [1.82, 2.24) is 10.2 Å². The number of carbonyl (C=O) groups excluding carboxylic acids is 1. The monoisotopic (exact) mass is 344 g/mol. The molecule has 1 N–H and O–H groups in total. The van der Waals surface area contributed by atoms with E-state index in [1.807, 2.05) is 13.0 Å². The number of hydrogen-bond donors (Lipinski definition) is 1. The molecule has 0 radical (unpaired) electrons. The van der Waals surface area contributed by atoms with Crippen molar-refractivity contribution in [2.75, 3.05) is 26.2 Å². The zero-order valence-electron chi connectivity index (χ0n) is 11.5. The number of aryl methyl sites for hydroxylation is 1. The van der Waals surface area contributed by atoms with Gasteiger partial charge in [0.15, 0.2) is 0 Å². The minimum atomic E-state index is 0.0455. The maximum Gasteiger partial charge on any atom is 0.261 e. The third-order valence-electron chi connectivity index (χ3n) is 3.67. The van der Waals surface area contributed by atoms with Gasteiger partial charge in [0.05, 0.1) is 8.66 Å². The predicted molar refractivity (Wildman–Crippen MR) is 83.9 cm³/mol. The molecule has 0 atom stereocenters. The molecule has 1 saturated heterocycles. The molecule has 2 heterocycles. The van der Waals surface area contributed by atoms with Gasteiger partial charge in [0, 0.05) is 13.1 Å². The Labute approximate surface area is 127 Å². The average molecular weight is 345 g/mol. The lowest BCUT2D eigenvalue weighted by Crippen LogP contribution is -2.39. The number of halogens is 1. The van der Waals surface area contributed by atoms with Crippen LogP contribution >= 0.6 is 27.3 Å². The van der Waals surface area contributed by atoms with E-state index in [2.05, 4.69) is 33.1 Å². The second-order valence-corrected chi connectivity index (χ2v) is 7.72. The summed E-state index contributed by atoms with van der Waals surface area (Å²) in [5, 5.41) is 3.01. The number of rotatable bonds is 4. The number of nitrogens with zero attached hydrogens (tertiary/aromatic N) is 1. The van der Waals surface area contributed by atoms with E-state index in [0.29, 0.717) is 0 Å². The van der Waals surface area contributed by atoms with Gasteiger partial charge in [-0.15, -0.1) is 11.3 Å². The fourth-order valence-electron chi connectivity index (χ4n) is 2.27. The second kappa shape index (κ2) is 6.86. The first-order valence-corrected chi connectivity index (χ1v) is 8.43. The van der Waals surface area contributed by atoms with Gasteiger partial charge in [-0.25, -0.2) is 0 Å². The summed E-state index contributed by atoms with van der Waals surface area (Å²) >= 11 is 4.95. The van der Waals surface area contributed by atoms with Crippen LogP contribution in [0.25, 0.3) is 0 Å². The summed E-state index contributed by atoms with van der Waals surface area (Å²) in [6, 6.07) is 1.94. The molecule has 0 unspecified atom stereocenters. The standard InChI is InChI=1S/C14H21BrN2OS/c1-10-3-6-17(7-4-10)8-5-16-14(18)12-9-11(2)13(15)19-12/h9-10H,3-8H2,1-2H3,(H,16,18). The van der Waals surface area contributed by atoms with Crippen LogP contribution in [0.3, 0.4) is 0 Å². The van der Waals surface area contributed by atoms with Crippen LogP contribution < -0.4 is 5.32 Å². The Morgan fingerprint density at radius 3 is 2.79 bits per heavy atom. The van der Waals surface area contributed by atoms with Crippen LogP contribution in [0.15, 0.2) is 9.85 Å². The maximum absolute atomic E-state index is 12.0. The van der Waals surface area contributed by atoms with Gasteiger partial charge in [-0.1, -0.05) is 6.92 Å². The molecule has 19 heavy (non-hydrogen) atoms. The number of thiophene rings is 1. The van der Waals surface area contributed by atoms with Gasteiger partial charge in [-0.2, -0.15) is 0 Å². The van der Waals surface area contributed by atoms with E-state index < -0.39 is 0 Å². The lowest BCUT2D eigenvalue weighted by Gasteiger charge is -2.30. The van der Waals surface area contributed by atoms with E-state index in [1.165, 1.54) is 37.3 Å². The van der Waals surface area contributed by atoms with Gasteiger partial charge in [0.2, 0.25) is 0 Å².